The smallest absolute Gasteiger partial charge is 0.246 e. The average Bonchev–Trinajstić information content (AvgIpc) is 2.81. The summed E-state index contributed by atoms with van der Waals surface area (Å²) in [6.45, 7) is 2.81. The van der Waals surface area contributed by atoms with Gasteiger partial charge in [0, 0.05) is 37.9 Å². The Morgan fingerprint density at radius 1 is 0.833 bits per heavy atom. The van der Waals surface area contributed by atoms with Crippen molar-refractivity contribution in [1.82, 2.24) is 4.90 Å². The fraction of sp³-hybridized carbons (Fsp3) is 0.250. The molecule has 156 valence electrons. The van der Waals surface area contributed by atoms with Crippen molar-refractivity contribution in [3.63, 3.8) is 0 Å². The Morgan fingerprint density at radius 3 is 2.20 bits per heavy atom. The molecule has 0 spiro atoms. The van der Waals surface area contributed by atoms with Crippen LogP contribution < -0.4 is 14.4 Å². The second-order valence-corrected chi connectivity index (χ2v) is 6.83. The van der Waals surface area contributed by atoms with Gasteiger partial charge in [0.05, 0.1) is 14.2 Å². The molecule has 0 atom stereocenters. The predicted molar refractivity (Wildman–Crippen MR) is 118 cm³/mol. The lowest BCUT2D eigenvalue weighted by molar-refractivity contribution is -0.126. The van der Waals surface area contributed by atoms with Gasteiger partial charge in [-0.15, -0.1) is 0 Å². The normalized spacial score (nSPS) is 14.3. The van der Waals surface area contributed by atoms with Crippen LogP contribution in [0.1, 0.15) is 5.56 Å². The minimum absolute atomic E-state index is 0.143. The van der Waals surface area contributed by atoms with E-state index in [1.165, 1.54) is 18.2 Å². The first-order valence-electron chi connectivity index (χ1n) is 9.82. The first-order chi connectivity index (χ1) is 14.6. The highest BCUT2D eigenvalue weighted by Crippen LogP contribution is 2.27. The number of hydrogen-bond acceptors (Lipinski definition) is 5. The zero-order valence-electron chi connectivity index (χ0n) is 17.3. The van der Waals surface area contributed by atoms with E-state index in [0.29, 0.717) is 24.6 Å². The molecule has 0 bridgehead atoms. The van der Waals surface area contributed by atoms with E-state index in [1.54, 1.807) is 37.3 Å². The molecule has 1 aliphatic rings. The molecule has 2 aromatic carbocycles. The molecule has 3 rings (SSSR count). The third kappa shape index (κ3) is 5.50. The summed E-state index contributed by atoms with van der Waals surface area (Å²) in [6, 6.07) is 15.5. The Labute approximate surface area is 177 Å². The van der Waals surface area contributed by atoms with E-state index in [4.69, 9.17) is 9.47 Å². The van der Waals surface area contributed by atoms with Crippen LogP contribution in [0.15, 0.2) is 66.8 Å². The highest BCUT2D eigenvalue weighted by atomic mass is 16.5. The van der Waals surface area contributed by atoms with Crippen molar-refractivity contribution in [3.8, 4) is 11.5 Å². The van der Waals surface area contributed by atoms with E-state index in [2.05, 4.69) is 17.0 Å². The molecule has 1 fully saturated rings. The maximum Gasteiger partial charge on any atom is 0.246 e. The van der Waals surface area contributed by atoms with Gasteiger partial charge >= 0.3 is 0 Å². The number of ether oxygens (including phenoxy) is 2. The number of rotatable bonds is 7. The number of methoxy groups -OCH3 is 2. The SMILES string of the molecule is COc1ccc(C=CC(=O)C=CC(=O)N2CCN(c3ccccc3)CC2)cc1OC. The lowest BCUT2D eigenvalue weighted by atomic mass is 10.1. The van der Waals surface area contributed by atoms with Gasteiger partial charge < -0.3 is 19.3 Å². The second-order valence-electron chi connectivity index (χ2n) is 6.83. The van der Waals surface area contributed by atoms with Gasteiger partial charge in [0.25, 0.3) is 0 Å². The van der Waals surface area contributed by atoms with Gasteiger partial charge in [-0.3, -0.25) is 9.59 Å². The Morgan fingerprint density at radius 2 is 1.53 bits per heavy atom. The molecule has 0 aliphatic carbocycles. The summed E-state index contributed by atoms with van der Waals surface area (Å²) >= 11 is 0. The number of carbonyl (C=O) groups is 2. The molecular weight excluding hydrogens is 380 g/mol. The summed E-state index contributed by atoms with van der Waals surface area (Å²) in [5.74, 6) is 0.822. The predicted octanol–water partition coefficient (Wildman–Crippen LogP) is 3.19. The van der Waals surface area contributed by atoms with Crippen molar-refractivity contribution in [2.75, 3.05) is 45.3 Å². The first-order valence-corrected chi connectivity index (χ1v) is 9.82. The van der Waals surface area contributed by atoms with Crippen LogP contribution in [-0.2, 0) is 9.59 Å². The number of allylic oxidation sites excluding steroid dienone is 2. The highest BCUT2D eigenvalue weighted by Gasteiger charge is 2.19. The first kappa shape index (κ1) is 21.2. The van der Waals surface area contributed by atoms with Gasteiger partial charge in [0.2, 0.25) is 5.91 Å². The number of piperazine rings is 1. The van der Waals surface area contributed by atoms with Crippen LogP contribution in [0.25, 0.3) is 6.08 Å². The van der Waals surface area contributed by atoms with E-state index in [9.17, 15) is 9.59 Å². The summed E-state index contributed by atoms with van der Waals surface area (Å²) in [7, 11) is 3.13. The molecule has 6 heteroatoms. The number of amides is 1. The number of anilines is 1. The molecule has 0 saturated carbocycles. The van der Waals surface area contributed by atoms with E-state index in [1.807, 2.05) is 24.3 Å². The lowest BCUT2D eigenvalue weighted by Gasteiger charge is -2.35. The average molecular weight is 406 g/mol. The molecule has 0 unspecified atom stereocenters. The Hall–Kier alpha value is -3.54. The quantitative estimate of drug-likeness (QED) is 0.661. The summed E-state index contributed by atoms with van der Waals surface area (Å²) in [4.78, 5) is 28.5. The minimum atomic E-state index is -0.249. The maximum absolute atomic E-state index is 12.4. The van der Waals surface area contributed by atoms with E-state index in [0.717, 1.165) is 24.3 Å². The third-order valence-electron chi connectivity index (χ3n) is 4.95. The number of benzene rings is 2. The number of para-hydroxylation sites is 1. The van der Waals surface area contributed by atoms with Gasteiger partial charge in [-0.1, -0.05) is 30.3 Å². The molecule has 1 amide bonds. The Bertz CT molecular complexity index is 929. The van der Waals surface area contributed by atoms with Crippen molar-refractivity contribution >= 4 is 23.5 Å². The van der Waals surface area contributed by atoms with Gasteiger partial charge in [-0.25, -0.2) is 0 Å². The number of hydrogen-bond donors (Lipinski definition) is 0. The molecule has 2 aromatic rings. The third-order valence-corrected chi connectivity index (χ3v) is 4.95. The Balaban J connectivity index is 1.51. The van der Waals surface area contributed by atoms with Crippen LogP contribution in [0.5, 0.6) is 11.5 Å². The van der Waals surface area contributed by atoms with Crippen LogP contribution in [0.3, 0.4) is 0 Å². The van der Waals surface area contributed by atoms with Gasteiger partial charge in [0.15, 0.2) is 17.3 Å². The van der Waals surface area contributed by atoms with Gasteiger partial charge in [-0.05, 0) is 42.0 Å². The molecule has 0 N–H and O–H groups in total. The fourth-order valence-corrected chi connectivity index (χ4v) is 3.27. The number of carbonyl (C=O) groups excluding carboxylic acids is 2. The van der Waals surface area contributed by atoms with Gasteiger partial charge in [-0.2, -0.15) is 0 Å². The standard InChI is InChI=1S/C24H26N2O4/c1-29-22-12-9-19(18-23(22)30-2)8-10-21(27)11-13-24(28)26-16-14-25(15-17-26)20-6-4-3-5-7-20/h3-13,18H,14-17H2,1-2H3. The zero-order chi connectivity index (χ0) is 21.3. The van der Waals surface area contributed by atoms with E-state index < -0.39 is 0 Å². The topological polar surface area (TPSA) is 59.1 Å². The molecule has 0 radical (unpaired) electrons. The van der Waals surface area contributed by atoms with Crippen molar-refractivity contribution < 1.29 is 19.1 Å². The summed E-state index contributed by atoms with van der Waals surface area (Å²) in [5, 5.41) is 0. The number of nitrogens with zero attached hydrogens (tertiary/aromatic N) is 2. The van der Waals surface area contributed by atoms with Crippen LogP contribution in [0, 0.1) is 0 Å². The summed E-state index contributed by atoms with van der Waals surface area (Å²) in [5.41, 5.74) is 1.97. The zero-order valence-corrected chi connectivity index (χ0v) is 17.3. The van der Waals surface area contributed by atoms with Crippen molar-refractivity contribution in [3.05, 3.63) is 72.3 Å². The lowest BCUT2D eigenvalue weighted by Crippen LogP contribution is -2.48. The van der Waals surface area contributed by atoms with E-state index in [-0.39, 0.29) is 11.7 Å². The second kappa shape index (κ2) is 10.3. The van der Waals surface area contributed by atoms with Crippen LogP contribution in [0.4, 0.5) is 5.69 Å². The van der Waals surface area contributed by atoms with Crippen LogP contribution >= 0.6 is 0 Å². The molecule has 0 aromatic heterocycles. The molecule has 1 aliphatic heterocycles. The molecular formula is C24H26N2O4. The molecule has 30 heavy (non-hydrogen) atoms. The van der Waals surface area contributed by atoms with Gasteiger partial charge in [0.1, 0.15) is 0 Å². The minimum Gasteiger partial charge on any atom is -0.493 e. The fourth-order valence-electron chi connectivity index (χ4n) is 3.27. The molecule has 1 saturated heterocycles. The van der Waals surface area contributed by atoms with Crippen LogP contribution in [0.2, 0.25) is 0 Å². The van der Waals surface area contributed by atoms with Crippen molar-refractivity contribution in [2.45, 2.75) is 0 Å². The van der Waals surface area contributed by atoms with Crippen molar-refractivity contribution in [1.29, 1.82) is 0 Å². The monoisotopic (exact) mass is 406 g/mol. The molecule has 1 heterocycles. The highest BCUT2D eigenvalue weighted by molar-refractivity contribution is 6.05. The largest absolute Gasteiger partial charge is 0.493 e. The number of ketones is 1. The van der Waals surface area contributed by atoms with Crippen LogP contribution in [-0.4, -0.2) is 57.0 Å². The molecule has 6 nitrogen and oxygen atoms in total. The maximum atomic E-state index is 12.4. The Kier molecular flexibility index (Phi) is 7.27. The van der Waals surface area contributed by atoms with E-state index >= 15 is 0 Å². The van der Waals surface area contributed by atoms with Crippen molar-refractivity contribution in [2.24, 2.45) is 0 Å². The summed E-state index contributed by atoms with van der Waals surface area (Å²) in [6.07, 6.45) is 5.76. The summed E-state index contributed by atoms with van der Waals surface area (Å²) < 4.78 is 10.5.